The highest BCUT2D eigenvalue weighted by Gasteiger charge is 2.50. The predicted molar refractivity (Wildman–Crippen MR) is 135 cm³/mol. The molecule has 3 heteroatoms. The lowest BCUT2D eigenvalue weighted by Crippen LogP contribution is -2.35. The van der Waals surface area contributed by atoms with E-state index >= 15 is 0 Å². The van der Waals surface area contributed by atoms with Crippen LogP contribution in [0.5, 0.6) is 0 Å². The number of carbonyl (C=O) groups is 1. The molecule has 0 radical (unpaired) electrons. The highest BCUT2D eigenvalue weighted by Crippen LogP contribution is 2.59. The van der Waals surface area contributed by atoms with Crippen molar-refractivity contribution in [2.75, 3.05) is 0 Å². The number of aliphatic hydroxyl groups excluding tert-OH is 2. The number of Topliss-reactive ketones (excluding diaryl/α,β-unsaturated/α-hetero) is 1. The molecule has 0 spiro atoms. The van der Waals surface area contributed by atoms with Crippen molar-refractivity contribution < 1.29 is 15.0 Å². The fourth-order valence-corrected chi connectivity index (χ4v) is 7.34. The van der Waals surface area contributed by atoms with Crippen LogP contribution in [0.4, 0.5) is 0 Å². The molecule has 0 aromatic rings. The first-order valence-corrected chi connectivity index (χ1v) is 13.3. The standard InChI is InChI=1S/C30H44O3/c1-20(8-5-6-15-30(16-17-30)22(3)31)26-12-13-27-23(9-7-14-29(26,27)4)10-11-24-18-25(32)19-28(33)21(24)2/h5,8,10-11,20,25-28,32-33H,2,6-7,9,12-19H2,1,3-4H3/b8-5+,23-10+,24-11-/t20-,25-,26-,27+,28+,29-/m1/s1. The van der Waals surface area contributed by atoms with Gasteiger partial charge in [0.25, 0.3) is 0 Å². The summed E-state index contributed by atoms with van der Waals surface area (Å²) < 4.78 is 0. The molecular weight excluding hydrogens is 408 g/mol. The Hall–Kier alpha value is -1.45. The van der Waals surface area contributed by atoms with Crippen LogP contribution in [0.15, 0.2) is 47.6 Å². The van der Waals surface area contributed by atoms with Crippen LogP contribution in [0, 0.1) is 28.6 Å². The summed E-state index contributed by atoms with van der Waals surface area (Å²) >= 11 is 0. The molecule has 0 heterocycles. The second-order valence-electron chi connectivity index (χ2n) is 11.8. The second-order valence-corrected chi connectivity index (χ2v) is 11.8. The number of ketones is 1. The van der Waals surface area contributed by atoms with Crippen LogP contribution in [-0.4, -0.2) is 28.2 Å². The first kappa shape index (κ1) is 24.7. The van der Waals surface area contributed by atoms with Gasteiger partial charge >= 0.3 is 0 Å². The van der Waals surface area contributed by atoms with Crippen molar-refractivity contribution in [3.8, 4) is 0 Å². The third-order valence-electron chi connectivity index (χ3n) is 9.77. The van der Waals surface area contributed by atoms with E-state index in [1.807, 2.05) is 0 Å². The SMILES string of the molecule is C=C1/C(=C\C=C2/CCC[C@]3(C)[C@@H]([C@H](C)/C=C/CCC4(C(C)=O)CC4)CC[C@@H]23)C[C@@H](O)C[C@@H]1O. The van der Waals surface area contributed by atoms with Gasteiger partial charge in [0.2, 0.25) is 0 Å². The summed E-state index contributed by atoms with van der Waals surface area (Å²) in [5.74, 6) is 2.27. The van der Waals surface area contributed by atoms with Crippen LogP contribution < -0.4 is 0 Å². The average molecular weight is 453 g/mol. The molecule has 3 nitrogen and oxygen atoms in total. The first-order chi connectivity index (χ1) is 15.7. The van der Waals surface area contributed by atoms with Gasteiger partial charge in [-0.15, -0.1) is 0 Å². The van der Waals surface area contributed by atoms with Crippen molar-refractivity contribution in [3.05, 3.63) is 47.6 Å². The molecule has 0 amide bonds. The van der Waals surface area contributed by atoms with Gasteiger partial charge in [-0.3, -0.25) is 4.79 Å². The van der Waals surface area contributed by atoms with E-state index in [2.05, 4.69) is 44.7 Å². The number of carbonyl (C=O) groups excluding carboxylic acids is 1. The van der Waals surface area contributed by atoms with Gasteiger partial charge in [0.15, 0.2) is 0 Å². The minimum Gasteiger partial charge on any atom is -0.393 e. The third-order valence-corrected chi connectivity index (χ3v) is 9.77. The molecule has 4 fully saturated rings. The zero-order valence-electron chi connectivity index (χ0n) is 21.0. The maximum atomic E-state index is 11.8. The number of fused-ring (bicyclic) bond motifs is 1. The largest absolute Gasteiger partial charge is 0.393 e. The van der Waals surface area contributed by atoms with Gasteiger partial charge in [-0.25, -0.2) is 0 Å². The molecule has 4 aliphatic carbocycles. The lowest BCUT2D eigenvalue weighted by Gasteiger charge is -2.44. The Morgan fingerprint density at radius 2 is 1.97 bits per heavy atom. The molecule has 182 valence electrons. The number of hydrogen-bond donors (Lipinski definition) is 2. The quantitative estimate of drug-likeness (QED) is 0.435. The summed E-state index contributed by atoms with van der Waals surface area (Å²) in [4.78, 5) is 11.8. The van der Waals surface area contributed by atoms with E-state index in [-0.39, 0.29) is 5.41 Å². The molecule has 6 atom stereocenters. The van der Waals surface area contributed by atoms with Crippen LogP contribution in [0.2, 0.25) is 0 Å². The summed E-state index contributed by atoms with van der Waals surface area (Å²) in [6, 6.07) is 0. The van der Waals surface area contributed by atoms with Gasteiger partial charge in [-0.2, -0.15) is 0 Å². The zero-order valence-corrected chi connectivity index (χ0v) is 21.0. The van der Waals surface area contributed by atoms with E-state index in [4.69, 9.17) is 0 Å². The van der Waals surface area contributed by atoms with Crippen LogP contribution in [-0.2, 0) is 4.79 Å². The van der Waals surface area contributed by atoms with Crippen molar-refractivity contribution >= 4 is 5.78 Å². The molecule has 4 rings (SSSR count). The number of hydrogen-bond acceptors (Lipinski definition) is 3. The maximum Gasteiger partial charge on any atom is 0.135 e. The van der Waals surface area contributed by atoms with Crippen LogP contribution in [0.25, 0.3) is 0 Å². The Morgan fingerprint density at radius 1 is 1.21 bits per heavy atom. The van der Waals surface area contributed by atoms with E-state index < -0.39 is 12.2 Å². The fourth-order valence-electron chi connectivity index (χ4n) is 7.34. The molecule has 2 N–H and O–H groups in total. The van der Waals surface area contributed by atoms with E-state index in [9.17, 15) is 15.0 Å². The molecule has 0 aliphatic heterocycles. The topological polar surface area (TPSA) is 57.5 Å². The predicted octanol–water partition coefficient (Wildman–Crippen LogP) is 6.47. The van der Waals surface area contributed by atoms with Gasteiger partial charge in [-0.05, 0) is 105 Å². The highest BCUT2D eigenvalue weighted by atomic mass is 16.3. The van der Waals surface area contributed by atoms with Gasteiger partial charge in [0.1, 0.15) is 5.78 Å². The van der Waals surface area contributed by atoms with Crippen molar-refractivity contribution in [1.29, 1.82) is 0 Å². The molecule has 0 bridgehead atoms. The molecule has 0 saturated heterocycles. The monoisotopic (exact) mass is 452 g/mol. The van der Waals surface area contributed by atoms with Gasteiger partial charge in [0, 0.05) is 11.8 Å². The minimum absolute atomic E-state index is 0.0192. The van der Waals surface area contributed by atoms with Crippen molar-refractivity contribution in [1.82, 2.24) is 0 Å². The Morgan fingerprint density at radius 3 is 2.67 bits per heavy atom. The molecule has 0 unspecified atom stereocenters. The smallest absolute Gasteiger partial charge is 0.135 e. The fraction of sp³-hybridized carbons (Fsp3) is 0.700. The number of allylic oxidation sites excluding steroid dienone is 5. The Bertz CT molecular complexity index is 858. The van der Waals surface area contributed by atoms with Crippen LogP contribution in [0.1, 0.15) is 91.4 Å². The maximum absolute atomic E-state index is 11.8. The van der Waals surface area contributed by atoms with E-state index in [0.717, 1.165) is 43.3 Å². The summed E-state index contributed by atoms with van der Waals surface area (Å²) in [5.41, 5.74) is 3.69. The lowest BCUT2D eigenvalue weighted by molar-refractivity contribution is -0.122. The first-order valence-electron chi connectivity index (χ1n) is 13.3. The minimum atomic E-state index is -0.622. The van der Waals surface area contributed by atoms with E-state index in [0.29, 0.717) is 41.8 Å². The number of rotatable bonds is 7. The normalized spacial score (nSPS) is 39.2. The van der Waals surface area contributed by atoms with E-state index in [1.165, 1.54) is 25.7 Å². The third kappa shape index (κ3) is 5.00. The summed E-state index contributed by atoms with van der Waals surface area (Å²) in [5, 5.41) is 20.2. The molecular formula is C30H44O3. The Balaban J connectivity index is 1.41. The zero-order chi connectivity index (χ0) is 23.8. The summed E-state index contributed by atoms with van der Waals surface area (Å²) in [7, 11) is 0. The van der Waals surface area contributed by atoms with Gasteiger partial charge in [-0.1, -0.05) is 50.3 Å². The molecule has 0 aromatic carbocycles. The highest BCUT2D eigenvalue weighted by molar-refractivity contribution is 5.84. The van der Waals surface area contributed by atoms with Crippen molar-refractivity contribution in [3.63, 3.8) is 0 Å². The van der Waals surface area contributed by atoms with Crippen molar-refractivity contribution in [2.45, 2.75) is 104 Å². The summed E-state index contributed by atoms with van der Waals surface area (Å²) in [6.07, 6.45) is 19.6. The van der Waals surface area contributed by atoms with Crippen LogP contribution >= 0.6 is 0 Å². The molecule has 4 aliphatic rings. The number of aliphatic hydroxyl groups is 2. The summed E-state index contributed by atoms with van der Waals surface area (Å²) in [6.45, 7) is 10.7. The second kappa shape index (κ2) is 9.66. The van der Waals surface area contributed by atoms with Crippen LogP contribution in [0.3, 0.4) is 0 Å². The molecule has 33 heavy (non-hydrogen) atoms. The van der Waals surface area contributed by atoms with Gasteiger partial charge < -0.3 is 10.2 Å². The molecule has 4 saturated carbocycles. The van der Waals surface area contributed by atoms with E-state index in [1.54, 1.807) is 12.5 Å². The average Bonchev–Trinajstić information content (AvgIpc) is 3.47. The Labute approximate surface area is 200 Å². The lowest BCUT2D eigenvalue weighted by atomic mass is 9.61. The van der Waals surface area contributed by atoms with Crippen molar-refractivity contribution in [2.24, 2.45) is 28.6 Å². The Kier molecular flexibility index (Phi) is 7.22. The molecule has 0 aromatic heterocycles. The van der Waals surface area contributed by atoms with Gasteiger partial charge in [0.05, 0.1) is 12.2 Å².